The predicted molar refractivity (Wildman–Crippen MR) is 134 cm³/mol. The molecular weight excluding hydrogens is 485 g/mol. The maximum Gasteiger partial charge on any atom is 0.190 e. The Kier molecular flexibility index (Phi) is 8.89. The van der Waals surface area contributed by atoms with Crippen LogP contribution in [0.2, 0.25) is 0 Å². The molecule has 0 bridgehead atoms. The number of aliphatic hydroxyl groups is 2. The topological polar surface area (TPSA) is 75.0 Å². The molecular formula is C28H33F3N2O4. The number of piperidine rings is 1. The van der Waals surface area contributed by atoms with Crippen LogP contribution >= 0.6 is 0 Å². The lowest BCUT2D eigenvalue weighted by molar-refractivity contribution is 0.0312. The van der Waals surface area contributed by atoms with Crippen LogP contribution < -0.4 is 9.47 Å². The molecule has 1 saturated heterocycles. The highest BCUT2D eigenvalue weighted by atomic mass is 19.1. The molecule has 37 heavy (non-hydrogen) atoms. The average Bonchev–Trinajstić information content (AvgIpc) is 2.90. The highest BCUT2D eigenvalue weighted by Crippen LogP contribution is 2.37. The molecule has 6 nitrogen and oxygen atoms in total. The number of benzene rings is 2. The van der Waals surface area contributed by atoms with Gasteiger partial charge in [-0.05, 0) is 79.9 Å². The van der Waals surface area contributed by atoms with Crippen LogP contribution in [0.15, 0.2) is 36.5 Å². The molecule has 4 rings (SSSR count). The average molecular weight is 519 g/mol. The van der Waals surface area contributed by atoms with Crippen LogP contribution in [-0.4, -0.2) is 60.1 Å². The number of nitrogens with zero attached hydrogens (tertiary/aromatic N) is 2. The fraction of sp³-hybridized carbons (Fsp3) is 0.464. The molecule has 200 valence electrons. The molecule has 1 aliphatic rings. The first-order valence-electron chi connectivity index (χ1n) is 12.5. The molecule has 3 aromatic rings. The van der Waals surface area contributed by atoms with Crippen molar-refractivity contribution in [3.8, 4) is 11.5 Å². The molecule has 0 atom stereocenters. The fourth-order valence-electron chi connectivity index (χ4n) is 5.15. The zero-order valence-corrected chi connectivity index (χ0v) is 21.0. The van der Waals surface area contributed by atoms with E-state index in [2.05, 4.69) is 9.88 Å². The fourth-order valence-corrected chi connectivity index (χ4v) is 5.15. The number of rotatable bonds is 11. The number of methoxy groups -OCH3 is 1. The van der Waals surface area contributed by atoms with Crippen LogP contribution in [0.1, 0.15) is 36.8 Å². The van der Waals surface area contributed by atoms with Gasteiger partial charge in [-0.3, -0.25) is 9.88 Å². The molecule has 1 fully saturated rings. The van der Waals surface area contributed by atoms with Gasteiger partial charge in [0.25, 0.3) is 0 Å². The van der Waals surface area contributed by atoms with Gasteiger partial charge < -0.3 is 19.7 Å². The van der Waals surface area contributed by atoms with Gasteiger partial charge in [-0.25, -0.2) is 13.2 Å². The second-order valence-electron chi connectivity index (χ2n) is 9.70. The normalized spacial score (nSPS) is 15.7. The molecule has 2 heterocycles. The van der Waals surface area contributed by atoms with Gasteiger partial charge >= 0.3 is 0 Å². The summed E-state index contributed by atoms with van der Waals surface area (Å²) in [5, 5.41) is 21.1. The van der Waals surface area contributed by atoms with E-state index in [9.17, 15) is 23.4 Å². The van der Waals surface area contributed by atoms with Crippen molar-refractivity contribution in [3.63, 3.8) is 0 Å². The Morgan fingerprint density at radius 3 is 2.43 bits per heavy atom. The summed E-state index contributed by atoms with van der Waals surface area (Å²) < 4.78 is 51.2. The largest absolute Gasteiger partial charge is 0.497 e. The number of fused-ring (bicyclic) bond motifs is 1. The van der Waals surface area contributed by atoms with E-state index in [-0.39, 0.29) is 25.2 Å². The Morgan fingerprint density at radius 1 is 1.05 bits per heavy atom. The van der Waals surface area contributed by atoms with E-state index in [1.54, 1.807) is 13.3 Å². The van der Waals surface area contributed by atoms with Gasteiger partial charge in [-0.15, -0.1) is 0 Å². The van der Waals surface area contributed by atoms with E-state index in [0.29, 0.717) is 18.7 Å². The molecule has 0 aliphatic carbocycles. The first-order valence-corrected chi connectivity index (χ1v) is 12.5. The number of hydrogen-bond acceptors (Lipinski definition) is 6. The van der Waals surface area contributed by atoms with E-state index in [1.165, 1.54) is 0 Å². The van der Waals surface area contributed by atoms with Crippen LogP contribution in [0, 0.1) is 22.9 Å². The Bertz CT molecular complexity index is 1190. The summed E-state index contributed by atoms with van der Waals surface area (Å²) in [4.78, 5) is 6.59. The van der Waals surface area contributed by atoms with Crippen molar-refractivity contribution in [1.82, 2.24) is 9.88 Å². The quantitative estimate of drug-likeness (QED) is 0.386. The van der Waals surface area contributed by atoms with Gasteiger partial charge in [0.2, 0.25) is 0 Å². The number of aliphatic hydroxyl groups excluding tert-OH is 2. The zero-order chi connectivity index (χ0) is 26.4. The van der Waals surface area contributed by atoms with Crippen LogP contribution in [0.5, 0.6) is 11.5 Å². The summed E-state index contributed by atoms with van der Waals surface area (Å²) in [6, 6.07) is 6.92. The third-order valence-electron chi connectivity index (χ3n) is 7.45. The number of aryl methyl sites for hydroxylation is 1. The van der Waals surface area contributed by atoms with Crippen molar-refractivity contribution in [2.75, 3.05) is 40.0 Å². The monoisotopic (exact) mass is 518 g/mol. The standard InChI is InChI=1S/C28H33F3N2O4/c1-36-21-4-5-26-23(15-21)22(19(17-34)16-32-26)3-2-6-28(18-35)7-9-33(10-8-28)11-12-37-27-24(30)13-20(29)14-25(27)31/h4-5,13-16,34-35H,2-3,6-12,17-18H2,1H3. The summed E-state index contributed by atoms with van der Waals surface area (Å²) in [5.74, 6) is -2.92. The first kappa shape index (κ1) is 27.2. The van der Waals surface area contributed by atoms with Crippen LogP contribution in [0.25, 0.3) is 10.9 Å². The number of ether oxygens (including phenoxy) is 2. The highest BCUT2D eigenvalue weighted by molar-refractivity contribution is 5.84. The molecule has 0 saturated carbocycles. The second kappa shape index (κ2) is 12.1. The van der Waals surface area contributed by atoms with Crippen molar-refractivity contribution in [3.05, 3.63) is 65.1 Å². The zero-order valence-electron chi connectivity index (χ0n) is 21.0. The summed E-state index contributed by atoms with van der Waals surface area (Å²) >= 11 is 0. The predicted octanol–water partition coefficient (Wildman–Crippen LogP) is 4.63. The SMILES string of the molecule is COc1ccc2ncc(CO)c(CCCC3(CO)CCN(CCOc4c(F)cc(F)cc4F)CC3)c2c1. The van der Waals surface area contributed by atoms with E-state index < -0.39 is 23.2 Å². The Labute approximate surface area is 214 Å². The minimum Gasteiger partial charge on any atom is -0.497 e. The second-order valence-corrected chi connectivity index (χ2v) is 9.70. The highest BCUT2D eigenvalue weighted by Gasteiger charge is 2.33. The van der Waals surface area contributed by atoms with Crippen molar-refractivity contribution in [1.29, 1.82) is 0 Å². The number of likely N-dealkylation sites (tertiary alicyclic amines) is 1. The molecule has 0 radical (unpaired) electrons. The van der Waals surface area contributed by atoms with Gasteiger partial charge in [0.05, 0.1) is 19.2 Å². The Hall–Kier alpha value is -2.88. The smallest absolute Gasteiger partial charge is 0.190 e. The Morgan fingerprint density at radius 2 is 1.78 bits per heavy atom. The number of halogens is 3. The van der Waals surface area contributed by atoms with Crippen LogP contribution in [0.4, 0.5) is 13.2 Å². The van der Waals surface area contributed by atoms with Crippen LogP contribution in [-0.2, 0) is 13.0 Å². The summed E-state index contributed by atoms with van der Waals surface area (Å²) in [7, 11) is 1.62. The van der Waals surface area contributed by atoms with Crippen molar-refractivity contribution in [2.45, 2.75) is 38.7 Å². The summed E-state index contributed by atoms with van der Waals surface area (Å²) in [6.45, 7) is 2.01. The van der Waals surface area contributed by atoms with Crippen molar-refractivity contribution >= 4 is 10.9 Å². The van der Waals surface area contributed by atoms with Gasteiger partial charge in [-0.2, -0.15) is 0 Å². The molecule has 0 unspecified atom stereocenters. The Balaban J connectivity index is 1.32. The van der Waals surface area contributed by atoms with E-state index in [4.69, 9.17) is 9.47 Å². The van der Waals surface area contributed by atoms with E-state index >= 15 is 0 Å². The minimum absolute atomic E-state index is 0.0775. The minimum atomic E-state index is -1.06. The lowest BCUT2D eigenvalue weighted by Gasteiger charge is -2.41. The lowest BCUT2D eigenvalue weighted by Crippen LogP contribution is -2.43. The van der Waals surface area contributed by atoms with Gasteiger partial charge in [-0.1, -0.05) is 0 Å². The van der Waals surface area contributed by atoms with Crippen molar-refractivity contribution < 1.29 is 32.9 Å². The first-order chi connectivity index (χ1) is 17.9. The number of aromatic nitrogens is 1. The number of hydrogen-bond donors (Lipinski definition) is 2. The third kappa shape index (κ3) is 6.34. The van der Waals surface area contributed by atoms with Crippen LogP contribution in [0.3, 0.4) is 0 Å². The number of pyridine rings is 1. The molecule has 0 spiro atoms. The molecule has 0 amide bonds. The van der Waals surface area contributed by atoms with E-state index in [0.717, 1.165) is 73.0 Å². The van der Waals surface area contributed by atoms with Gasteiger partial charge in [0, 0.05) is 36.9 Å². The maximum absolute atomic E-state index is 13.8. The summed E-state index contributed by atoms with van der Waals surface area (Å²) in [5.41, 5.74) is 2.49. The summed E-state index contributed by atoms with van der Waals surface area (Å²) in [6.07, 6.45) is 5.72. The molecule has 9 heteroatoms. The van der Waals surface area contributed by atoms with E-state index in [1.807, 2.05) is 18.2 Å². The van der Waals surface area contributed by atoms with Gasteiger partial charge in [0.1, 0.15) is 18.2 Å². The molecule has 1 aliphatic heterocycles. The van der Waals surface area contributed by atoms with Crippen molar-refractivity contribution in [2.24, 2.45) is 5.41 Å². The molecule has 2 N–H and O–H groups in total. The maximum atomic E-state index is 13.8. The van der Waals surface area contributed by atoms with Gasteiger partial charge in [0.15, 0.2) is 17.4 Å². The lowest BCUT2D eigenvalue weighted by atomic mass is 9.75. The molecule has 1 aromatic heterocycles. The third-order valence-corrected chi connectivity index (χ3v) is 7.45. The molecule has 2 aromatic carbocycles.